The standard InChI is InChI=1S/C21H23N5O5S/c1-14-24-25(21(28)18-13-19-17(26(14)18)9-12-31-19)11-2-3-20(27)23-10-8-15-4-6-16(7-5-15)32(22,29)30/h4-7,9,12-13H,2-3,8,10-11H2,1H3,(H,23,27)(H2,22,29,30). The largest absolute Gasteiger partial charge is 0.463 e. The number of benzene rings is 1. The van der Waals surface area contributed by atoms with Crippen molar-refractivity contribution in [3.8, 4) is 0 Å². The fourth-order valence-corrected chi connectivity index (χ4v) is 4.17. The second-order valence-corrected chi connectivity index (χ2v) is 9.06. The van der Waals surface area contributed by atoms with Crippen molar-refractivity contribution in [2.45, 2.75) is 37.6 Å². The molecule has 0 fully saturated rings. The highest BCUT2D eigenvalue weighted by Crippen LogP contribution is 2.20. The molecule has 0 atom stereocenters. The van der Waals surface area contributed by atoms with E-state index in [1.165, 1.54) is 16.8 Å². The number of carbonyl (C=O) groups excluding carboxylic acids is 1. The van der Waals surface area contributed by atoms with E-state index in [0.717, 1.165) is 11.1 Å². The minimum absolute atomic E-state index is 0.0521. The first-order chi connectivity index (χ1) is 15.2. The smallest absolute Gasteiger partial charge is 0.291 e. The molecule has 0 saturated carbocycles. The van der Waals surface area contributed by atoms with Gasteiger partial charge in [0.05, 0.1) is 16.7 Å². The van der Waals surface area contributed by atoms with Crippen molar-refractivity contribution in [2.75, 3.05) is 6.54 Å². The maximum Gasteiger partial charge on any atom is 0.291 e. The van der Waals surface area contributed by atoms with E-state index in [1.54, 1.807) is 34.9 Å². The number of primary sulfonamides is 1. The zero-order valence-corrected chi connectivity index (χ0v) is 18.3. The van der Waals surface area contributed by atoms with Gasteiger partial charge in [-0.2, -0.15) is 5.10 Å². The van der Waals surface area contributed by atoms with Crippen LogP contribution in [0.4, 0.5) is 0 Å². The van der Waals surface area contributed by atoms with Crippen LogP contribution in [-0.4, -0.2) is 35.1 Å². The van der Waals surface area contributed by atoms with E-state index in [4.69, 9.17) is 9.56 Å². The molecular formula is C21H23N5O5S. The lowest BCUT2D eigenvalue weighted by Crippen LogP contribution is -2.28. The van der Waals surface area contributed by atoms with Crippen LogP contribution < -0.4 is 16.0 Å². The van der Waals surface area contributed by atoms with Gasteiger partial charge in [0.25, 0.3) is 5.56 Å². The van der Waals surface area contributed by atoms with E-state index in [2.05, 4.69) is 10.4 Å². The molecule has 3 N–H and O–H groups in total. The molecule has 10 nitrogen and oxygen atoms in total. The highest BCUT2D eigenvalue weighted by atomic mass is 32.2. The van der Waals surface area contributed by atoms with Crippen LogP contribution in [-0.2, 0) is 27.8 Å². The topological polar surface area (TPSA) is 142 Å². The van der Waals surface area contributed by atoms with Crippen LogP contribution in [0.5, 0.6) is 0 Å². The number of nitrogens with one attached hydrogen (secondary N) is 1. The predicted octanol–water partition coefficient (Wildman–Crippen LogP) is 1.34. The molecular weight excluding hydrogens is 434 g/mol. The zero-order valence-electron chi connectivity index (χ0n) is 17.4. The van der Waals surface area contributed by atoms with E-state index in [-0.39, 0.29) is 22.8 Å². The Labute approximate surface area is 183 Å². The number of rotatable bonds is 8. The van der Waals surface area contributed by atoms with Gasteiger partial charge in [0.1, 0.15) is 11.3 Å². The Bertz CT molecular complexity index is 1450. The molecule has 0 saturated heterocycles. The maximum atomic E-state index is 12.7. The Kier molecular flexibility index (Phi) is 5.85. The van der Waals surface area contributed by atoms with Gasteiger partial charge in [-0.3, -0.25) is 14.0 Å². The van der Waals surface area contributed by atoms with E-state index in [9.17, 15) is 18.0 Å². The monoisotopic (exact) mass is 457 g/mol. The summed E-state index contributed by atoms with van der Waals surface area (Å²) in [6.45, 7) is 2.56. The van der Waals surface area contributed by atoms with Crippen molar-refractivity contribution in [1.82, 2.24) is 19.5 Å². The van der Waals surface area contributed by atoms with Gasteiger partial charge in [0.2, 0.25) is 15.9 Å². The number of hydrogen-bond donors (Lipinski definition) is 2. The summed E-state index contributed by atoms with van der Waals surface area (Å²) in [6, 6.07) is 9.71. The van der Waals surface area contributed by atoms with E-state index < -0.39 is 10.0 Å². The fraction of sp³-hybridized carbons (Fsp3) is 0.286. The summed E-state index contributed by atoms with van der Waals surface area (Å²) in [6.07, 6.45) is 2.85. The second-order valence-electron chi connectivity index (χ2n) is 7.50. The lowest BCUT2D eigenvalue weighted by atomic mass is 10.1. The summed E-state index contributed by atoms with van der Waals surface area (Å²) >= 11 is 0. The summed E-state index contributed by atoms with van der Waals surface area (Å²) in [5.41, 5.74) is 2.57. The van der Waals surface area contributed by atoms with Gasteiger partial charge in [-0.05, 0) is 37.5 Å². The van der Waals surface area contributed by atoms with Crippen LogP contribution in [0.2, 0.25) is 0 Å². The van der Waals surface area contributed by atoms with Crippen LogP contribution in [0, 0.1) is 6.92 Å². The maximum absolute atomic E-state index is 12.7. The van der Waals surface area contributed by atoms with Gasteiger partial charge in [-0.15, -0.1) is 0 Å². The van der Waals surface area contributed by atoms with Crippen molar-refractivity contribution in [3.63, 3.8) is 0 Å². The Morgan fingerprint density at radius 1 is 1.19 bits per heavy atom. The molecule has 3 aromatic heterocycles. The van der Waals surface area contributed by atoms with Gasteiger partial charge in [-0.25, -0.2) is 18.2 Å². The van der Waals surface area contributed by atoms with Gasteiger partial charge >= 0.3 is 0 Å². The summed E-state index contributed by atoms with van der Waals surface area (Å²) < 4.78 is 31.1. The van der Waals surface area contributed by atoms with Gasteiger partial charge in [0, 0.05) is 31.6 Å². The van der Waals surface area contributed by atoms with Crippen LogP contribution in [0.25, 0.3) is 16.6 Å². The molecule has 11 heteroatoms. The van der Waals surface area contributed by atoms with Crippen molar-refractivity contribution < 1.29 is 17.6 Å². The molecule has 32 heavy (non-hydrogen) atoms. The first-order valence-electron chi connectivity index (χ1n) is 10.1. The number of furan rings is 1. The lowest BCUT2D eigenvalue weighted by molar-refractivity contribution is -0.121. The highest BCUT2D eigenvalue weighted by molar-refractivity contribution is 7.89. The van der Waals surface area contributed by atoms with Crippen molar-refractivity contribution in [1.29, 1.82) is 0 Å². The highest BCUT2D eigenvalue weighted by Gasteiger charge is 2.14. The third-order valence-electron chi connectivity index (χ3n) is 5.23. The quantitative estimate of drug-likeness (QED) is 0.409. The number of nitrogens with zero attached hydrogens (tertiary/aromatic N) is 3. The molecule has 0 unspecified atom stereocenters. The number of fused-ring (bicyclic) bond motifs is 3. The van der Waals surface area contributed by atoms with E-state index in [0.29, 0.717) is 42.9 Å². The van der Waals surface area contributed by atoms with E-state index in [1.807, 2.05) is 6.92 Å². The molecule has 0 aliphatic heterocycles. The van der Waals surface area contributed by atoms with Crippen LogP contribution >= 0.6 is 0 Å². The number of hydrogen-bond acceptors (Lipinski definition) is 6. The molecule has 168 valence electrons. The molecule has 4 aromatic rings. The predicted molar refractivity (Wildman–Crippen MR) is 118 cm³/mol. The number of nitrogens with two attached hydrogens (primary N) is 1. The van der Waals surface area contributed by atoms with E-state index >= 15 is 0 Å². The SMILES string of the molecule is Cc1nn(CCCC(=O)NCCc2ccc(S(N)(=O)=O)cc2)c(=O)c2cc3occc3n12. The van der Waals surface area contributed by atoms with Gasteiger partial charge < -0.3 is 9.73 Å². The Morgan fingerprint density at radius 2 is 1.94 bits per heavy atom. The first-order valence-corrected chi connectivity index (χ1v) is 11.6. The molecule has 0 aliphatic rings. The molecule has 1 aromatic carbocycles. The van der Waals surface area contributed by atoms with Crippen molar-refractivity contribution >= 4 is 32.5 Å². The average Bonchev–Trinajstić information content (AvgIpc) is 3.33. The Morgan fingerprint density at radius 3 is 2.66 bits per heavy atom. The molecule has 0 radical (unpaired) electrons. The molecule has 0 bridgehead atoms. The molecule has 0 spiro atoms. The third-order valence-corrected chi connectivity index (χ3v) is 6.16. The molecule has 4 rings (SSSR count). The Balaban J connectivity index is 1.29. The lowest BCUT2D eigenvalue weighted by Gasteiger charge is -2.09. The van der Waals surface area contributed by atoms with Gasteiger partial charge in [-0.1, -0.05) is 12.1 Å². The number of aryl methyl sites for hydroxylation is 2. The normalized spacial score (nSPS) is 11.9. The summed E-state index contributed by atoms with van der Waals surface area (Å²) in [5, 5.41) is 12.3. The first kappa shape index (κ1) is 21.8. The van der Waals surface area contributed by atoms with Crippen LogP contribution in [0.3, 0.4) is 0 Å². The number of carbonyl (C=O) groups is 1. The van der Waals surface area contributed by atoms with Crippen molar-refractivity contribution in [3.05, 3.63) is 64.4 Å². The van der Waals surface area contributed by atoms with Gasteiger partial charge in [0.15, 0.2) is 5.58 Å². The fourth-order valence-electron chi connectivity index (χ4n) is 3.65. The number of aromatic nitrogens is 3. The zero-order chi connectivity index (χ0) is 22.9. The third kappa shape index (κ3) is 4.43. The minimum atomic E-state index is -3.71. The minimum Gasteiger partial charge on any atom is -0.463 e. The number of amides is 1. The molecule has 0 aliphatic carbocycles. The van der Waals surface area contributed by atoms with Crippen molar-refractivity contribution in [2.24, 2.45) is 5.14 Å². The average molecular weight is 458 g/mol. The van der Waals surface area contributed by atoms with Crippen LogP contribution in [0.1, 0.15) is 24.2 Å². The molecule has 3 heterocycles. The Hall–Kier alpha value is -3.44. The summed E-state index contributed by atoms with van der Waals surface area (Å²) in [4.78, 5) is 24.9. The molecule has 1 amide bonds. The second kappa shape index (κ2) is 8.60. The summed E-state index contributed by atoms with van der Waals surface area (Å²) in [7, 11) is -3.71. The van der Waals surface area contributed by atoms with Crippen LogP contribution in [0.15, 0.2) is 56.8 Å². The number of sulfonamides is 1. The summed E-state index contributed by atoms with van der Waals surface area (Å²) in [5.74, 6) is 0.533.